The van der Waals surface area contributed by atoms with Crippen molar-refractivity contribution in [1.29, 1.82) is 0 Å². The zero-order valence-electron chi connectivity index (χ0n) is 8.00. The summed E-state index contributed by atoms with van der Waals surface area (Å²) in [6.07, 6.45) is 0. The Balaban J connectivity index is 2.29. The van der Waals surface area contributed by atoms with E-state index in [1.54, 1.807) is 0 Å². The fourth-order valence-corrected chi connectivity index (χ4v) is 3.03. The van der Waals surface area contributed by atoms with E-state index in [1.165, 1.54) is 27.3 Å². The molecule has 0 saturated heterocycles. The molecule has 14 heavy (non-hydrogen) atoms. The molecule has 1 N–H and O–H groups in total. The van der Waals surface area contributed by atoms with Gasteiger partial charge in [0, 0.05) is 6.54 Å². The van der Waals surface area contributed by atoms with Crippen molar-refractivity contribution in [3.8, 4) is 10.4 Å². The maximum Gasteiger partial charge on any atom is 0.0580 e. The molecular formula is C12H11NS. The van der Waals surface area contributed by atoms with Gasteiger partial charge >= 0.3 is 0 Å². The molecule has 2 heterocycles. The fourth-order valence-electron chi connectivity index (χ4n) is 1.94. The fraction of sp³-hybridized carbons (Fsp3) is 0.167. The number of thiophene rings is 1. The van der Waals surface area contributed by atoms with Crippen molar-refractivity contribution in [3.05, 3.63) is 40.8 Å². The number of benzene rings is 1. The smallest absolute Gasteiger partial charge is 0.0580 e. The zero-order chi connectivity index (χ0) is 9.54. The predicted octanol–water partition coefficient (Wildman–Crippen LogP) is 3.65. The summed E-state index contributed by atoms with van der Waals surface area (Å²) >= 11 is 1.83. The third-order valence-corrected chi connectivity index (χ3v) is 3.82. The summed E-state index contributed by atoms with van der Waals surface area (Å²) in [4.78, 5) is 1.39. The minimum Gasteiger partial charge on any atom is -0.380 e. The van der Waals surface area contributed by atoms with Gasteiger partial charge in [-0.05, 0) is 29.0 Å². The van der Waals surface area contributed by atoms with E-state index in [-0.39, 0.29) is 0 Å². The highest BCUT2D eigenvalue weighted by molar-refractivity contribution is 7.14. The minimum atomic E-state index is 0.959. The molecule has 70 valence electrons. The van der Waals surface area contributed by atoms with Crippen LogP contribution in [0.3, 0.4) is 0 Å². The Morgan fingerprint density at radius 1 is 1.29 bits per heavy atom. The van der Waals surface area contributed by atoms with Gasteiger partial charge in [-0.25, -0.2) is 0 Å². The molecule has 0 saturated carbocycles. The summed E-state index contributed by atoms with van der Waals surface area (Å²) in [5, 5.41) is 5.70. The lowest BCUT2D eigenvalue weighted by molar-refractivity contribution is 1.13. The highest BCUT2D eigenvalue weighted by Crippen LogP contribution is 2.41. The molecule has 3 rings (SSSR count). The van der Waals surface area contributed by atoms with Gasteiger partial charge in [-0.3, -0.25) is 0 Å². The lowest BCUT2D eigenvalue weighted by Crippen LogP contribution is -2.06. The summed E-state index contributed by atoms with van der Waals surface area (Å²) in [5.74, 6) is 0. The van der Waals surface area contributed by atoms with E-state index in [1.807, 2.05) is 11.3 Å². The molecular weight excluding hydrogens is 190 g/mol. The van der Waals surface area contributed by atoms with Crippen molar-refractivity contribution in [1.82, 2.24) is 0 Å². The van der Waals surface area contributed by atoms with Gasteiger partial charge in [0.1, 0.15) is 0 Å². The van der Waals surface area contributed by atoms with Gasteiger partial charge in [-0.15, -0.1) is 11.3 Å². The molecule has 0 bridgehead atoms. The second-order valence-corrected chi connectivity index (χ2v) is 4.51. The van der Waals surface area contributed by atoms with Gasteiger partial charge in [0.15, 0.2) is 0 Å². The largest absolute Gasteiger partial charge is 0.380 e. The molecule has 0 radical (unpaired) electrons. The van der Waals surface area contributed by atoms with Crippen LogP contribution in [0.25, 0.3) is 10.4 Å². The van der Waals surface area contributed by atoms with Crippen LogP contribution in [-0.4, -0.2) is 0 Å². The topological polar surface area (TPSA) is 12.0 Å². The molecule has 0 amide bonds. The molecule has 0 atom stereocenters. The molecule has 2 heteroatoms. The van der Waals surface area contributed by atoms with Crippen LogP contribution >= 0.6 is 11.3 Å². The van der Waals surface area contributed by atoms with Gasteiger partial charge in [0.2, 0.25) is 0 Å². The summed E-state index contributed by atoms with van der Waals surface area (Å²) < 4.78 is 0. The summed E-state index contributed by atoms with van der Waals surface area (Å²) in [7, 11) is 0. The Bertz CT molecular complexity index is 485. The van der Waals surface area contributed by atoms with Gasteiger partial charge in [-0.1, -0.05) is 24.3 Å². The molecule has 1 aliphatic heterocycles. The second-order valence-electron chi connectivity index (χ2n) is 3.63. The number of fused-ring (bicyclic) bond motifs is 3. The molecule has 0 spiro atoms. The third kappa shape index (κ3) is 1.01. The first-order valence-electron chi connectivity index (χ1n) is 4.76. The third-order valence-electron chi connectivity index (χ3n) is 2.69. The number of hydrogen-bond acceptors (Lipinski definition) is 2. The van der Waals surface area contributed by atoms with Crippen LogP contribution < -0.4 is 5.32 Å². The van der Waals surface area contributed by atoms with Crippen molar-refractivity contribution in [3.63, 3.8) is 0 Å². The van der Waals surface area contributed by atoms with Crippen LogP contribution in [-0.2, 0) is 6.54 Å². The van der Waals surface area contributed by atoms with Crippen LogP contribution in [0.4, 0.5) is 5.69 Å². The highest BCUT2D eigenvalue weighted by Gasteiger charge is 2.17. The van der Waals surface area contributed by atoms with E-state index in [4.69, 9.17) is 0 Å². The monoisotopic (exact) mass is 201 g/mol. The number of anilines is 1. The zero-order valence-corrected chi connectivity index (χ0v) is 8.82. The molecule has 1 aliphatic rings. The number of hydrogen-bond donors (Lipinski definition) is 1. The maximum atomic E-state index is 3.48. The molecule has 1 nitrogen and oxygen atoms in total. The minimum absolute atomic E-state index is 0.959. The van der Waals surface area contributed by atoms with Crippen LogP contribution in [0.5, 0.6) is 0 Å². The number of aryl methyl sites for hydroxylation is 1. The van der Waals surface area contributed by atoms with Crippen LogP contribution in [0, 0.1) is 6.92 Å². The Morgan fingerprint density at radius 3 is 3.07 bits per heavy atom. The summed E-state index contributed by atoms with van der Waals surface area (Å²) in [5.41, 5.74) is 5.49. The van der Waals surface area contributed by atoms with E-state index in [9.17, 15) is 0 Å². The van der Waals surface area contributed by atoms with Gasteiger partial charge < -0.3 is 5.32 Å². The average Bonchev–Trinajstić information content (AvgIpc) is 2.61. The first-order valence-corrected chi connectivity index (χ1v) is 5.64. The van der Waals surface area contributed by atoms with Crippen molar-refractivity contribution < 1.29 is 0 Å². The molecule has 2 aromatic rings. The second kappa shape index (κ2) is 2.85. The van der Waals surface area contributed by atoms with Crippen molar-refractivity contribution in [2.24, 2.45) is 0 Å². The molecule has 1 aromatic heterocycles. The molecule has 1 aromatic carbocycles. The average molecular weight is 201 g/mol. The Morgan fingerprint density at radius 2 is 2.14 bits per heavy atom. The lowest BCUT2D eigenvalue weighted by atomic mass is 10.0. The van der Waals surface area contributed by atoms with Gasteiger partial charge in [-0.2, -0.15) is 0 Å². The molecule has 0 aliphatic carbocycles. The Kier molecular flexibility index (Phi) is 1.64. The standard InChI is InChI=1S/C12H11NS/c1-8-7-14-12-10-5-3-2-4-9(10)6-13-11(8)12/h2-5,7,13H,6H2,1H3. The van der Waals surface area contributed by atoms with E-state index < -0.39 is 0 Å². The first kappa shape index (κ1) is 8.06. The summed E-state index contributed by atoms with van der Waals surface area (Å²) in [6, 6.07) is 8.63. The molecule has 0 unspecified atom stereocenters. The maximum absolute atomic E-state index is 3.48. The van der Waals surface area contributed by atoms with Gasteiger partial charge in [0.05, 0.1) is 10.6 Å². The lowest BCUT2D eigenvalue weighted by Gasteiger charge is -2.18. The van der Waals surface area contributed by atoms with E-state index >= 15 is 0 Å². The van der Waals surface area contributed by atoms with Crippen molar-refractivity contribution in [2.75, 3.05) is 5.32 Å². The van der Waals surface area contributed by atoms with Crippen LogP contribution in [0.2, 0.25) is 0 Å². The van der Waals surface area contributed by atoms with Crippen molar-refractivity contribution >= 4 is 17.0 Å². The van der Waals surface area contributed by atoms with E-state index in [0.29, 0.717) is 0 Å². The quantitative estimate of drug-likeness (QED) is 0.686. The molecule has 0 fully saturated rings. The summed E-state index contributed by atoms with van der Waals surface area (Å²) in [6.45, 7) is 3.12. The predicted molar refractivity (Wildman–Crippen MR) is 61.8 cm³/mol. The van der Waals surface area contributed by atoms with Crippen LogP contribution in [0.15, 0.2) is 29.6 Å². The van der Waals surface area contributed by atoms with Crippen molar-refractivity contribution in [2.45, 2.75) is 13.5 Å². The SMILES string of the molecule is Cc1csc2c1NCc1ccccc1-2. The number of rotatable bonds is 0. The van der Waals surface area contributed by atoms with E-state index in [2.05, 4.69) is 41.9 Å². The normalized spacial score (nSPS) is 12.9. The first-order chi connectivity index (χ1) is 6.86. The Labute approximate surface area is 87.4 Å². The van der Waals surface area contributed by atoms with Crippen LogP contribution in [0.1, 0.15) is 11.1 Å². The number of nitrogens with one attached hydrogen (secondary N) is 1. The highest BCUT2D eigenvalue weighted by atomic mass is 32.1. The Hall–Kier alpha value is -1.28. The van der Waals surface area contributed by atoms with E-state index in [0.717, 1.165) is 6.54 Å². The van der Waals surface area contributed by atoms with Gasteiger partial charge in [0.25, 0.3) is 0 Å².